The number of aryl methyl sites for hydroxylation is 1. The number of carbonyl (C=O) groups excluding carboxylic acids is 1. The second-order valence-corrected chi connectivity index (χ2v) is 6.32. The molecule has 5 nitrogen and oxygen atoms in total. The molecular weight excluding hydrogens is 378 g/mol. The molecular formula is C19H17F4N3O2. The van der Waals surface area contributed by atoms with Gasteiger partial charge in [0.15, 0.2) is 0 Å². The molecule has 1 aromatic carbocycles. The number of ether oxygens (including phenoxy) is 1. The zero-order valence-corrected chi connectivity index (χ0v) is 15.3. The Balaban J connectivity index is 2.06. The first-order valence-corrected chi connectivity index (χ1v) is 8.31. The third kappa shape index (κ3) is 3.78. The molecule has 3 rings (SSSR count). The number of fused-ring (bicyclic) bond motifs is 1. The number of amides is 1. The second-order valence-electron chi connectivity index (χ2n) is 6.32. The van der Waals surface area contributed by atoms with Gasteiger partial charge in [-0.05, 0) is 38.1 Å². The highest BCUT2D eigenvalue weighted by atomic mass is 19.4. The van der Waals surface area contributed by atoms with Gasteiger partial charge in [-0.3, -0.25) is 4.79 Å². The van der Waals surface area contributed by atoms with Gasteiger partial charge in [0.2, 0.25) is 0 Å². The van der Waals surface area contributed by atoms with Gasteiger partial charge in [-0.25, -0.2) is 9.37 Å². The first kappa shape index (κ1) is 19.7. The normalized spacial score (nSPS) is 12.8. The highest BCUT2D eigenvalue weighted by Crippen LogP contribution is 2.27. The summed E-state index contributed by atoms with van der Waals surface area (Å²) in [7, 11) is 1.40. The summed E-state index contributed by atoms with van der Waals surface area (Å²) in [6.45, 7) is 2.61. The van der Waals surface area contributed by atoms with Crippen LogP contribution in [-0.2, 0) is 0 Å². The van der Waals surface area contributed by atoms with E-state index in [4.69, 9.17) is 4.74 Å². The standard InChI is InChI=1S/C19H17F4N3O2/c1-10-6-16(12-7-13(20)9-14(8-12)28-3)25-17-15(4-5-26(10)17)18(27)24-11(2)19(21,22)23/h4-9,11H,1-3H3,(H,24,27)/t11-/m0/s1. The molecule has 9 heteroatoms. The third-order valence-electron chi connectivity index (χ3n) is 4.30. The van der Waals surface area contributed by atoms with E-state index in [1.165, 1.54) is 25.3 Å². The first-order chi connectivity index (χ1) is 13.1. The van der Waals surface area contributed by atoms with Crippen LogP contribution in [0.2, 0.25) is 0 Å². The van der Waals surface area contributed by atoms with Crippen LogP contribution in [0.5, 0.6) is 5.75 Å². The summed E-state index contributed by atoms with van der Waals surface area (Å²) in [4.78, 5) is 16.7. The number of aromatic nitrogens is 2. The Morgan fingerprint density at radius 3 is 2.61 bits per heavy atom. The average Bonchev–Trinajstić information content (AvgIpc) is 3.04. The van der Waals surface area contributed by atoms with E-state index in [-0.39, 0.29) is 11.2 Å². The number of nitrogens with one attached hydrogen (secondary N) is 1. The van der Waals surface area contributed by atoms with Crippen LogP contribution in [0.3, 0.4) is 0 Å². The summed E-state index contributed by atoms with van der Waals surface area (Å²) in [5, 5.41) is 1.92. The predicted octanol–water partition coefficient (Wildman–Crippen LogP) is 4.14. The molecule has 0 aliphatic carbocycles. The Morgan fingerprint density at radius 2 is 1.96 bits per heavy atom. The van der Waals surface area contributed by atoms with Gasteiger partial charge in [0.25, 0.3) is 5.91 Å². The lowest BCUT2D eigenvalue weighted by Crippen LogP contribution is -2.43. The van der Waals surface area contributed by atoms with E-state index >= 15 is 0 Å². The predicted molar refractivity (Wildman–Crippen MR) is 94.9 cm³/mol. The first-order valence-electron chi connectivity index (χ1n) is 8.31. The van der Waals surface area contributed by atoms with Gasteiger partial charge in [-0.2, -0.15) is 13.2 Å². The minimum atomic E-state index is -4.56. The van der Waals surface area contributed by atoms with Gasteiger partial charge in [-0.1, -0.05) is 0 Å². The Kier molecular flexibility index (Phi) is 5.01. The van der Waals surface area contributed by atoms with Crippen LogP contribution >= 0.6 is 0 Å². The molecule has 2 heterocycles. The van der Waals surface area contributed by atoms with Gasteiger partial charge >= 0.3 is 6.18 Å². The number of benzene rings is 1. The van der Waals surface area contributed by atoms with Crippen molar-refractivity contribution >= 4 is 11.6 Å². The highest BCUT2D eigenvalue weighted by molar-refractivity contribution is 6.00. The third-order valence-corrected chi connectivity index (χ3v) is 4.30. The van der Waals surface area contributed by atoms with Crippen LogP contribution in [0.15, 0.2) is 36.5 Å². The number of hydrogen-bond donors (Lipinski definition) is 1. The summed E-state index contributed by atoms with van der Waals surface area (Å²) in [5.74, 6) is -1.13. The van der Waals surface area contributed by atoms with E-state index in [1.54, 1.807) is 29.7 Å². The molecule has 2 aromatic heterocycles. The number of alkyl halides is 3. The van der Waals surface area contributed by atoms with Crippen molar-refractivity contribution in [1.82, 2.24) is 14.7 Å². The van der Waals surface area contributed by atoms with Gasteiger partial charge in [-0.15, -0.1) is 0 Å². The minimum Gasteiger partial charge on any atom is -0.497 e. The molecule has 0 saturated carbocycles. The lowest BCUT2D eigenvalue weighted by molar-refractivity contribution is -0.149. The maximum absolute atomic E-state index is 13.8. The summed E-state index contributed by atoms with van der Waals surface area (Å²) in [5.41, 5.74) is 1.61. The van der Waals surface area contributed by atoms with Crippen molar-refractivity contribution in [3.8, 4) is 17.0 Å². The molecule has 1 amide bonds. The molecule has 1 N–H and O–H groups in total. The Labute approximate surface area is 158 Å². The summed E-state index contributed by atoms with van der Waals surface area (Å²) in [6, 6.07) is 5.12. The van der Waals surface area contributed by atoms with Crippen LogP contribution in [0.4, 0.5) is 17.6 Å². The van der Waals surface area contributed by atoms with Crippen molar-refractivity contribution in [3.05, 3.63) is 53.6 Å². The van der Waals surface area contributed by atoms with Gasteiger partial charge in [0, 0.05) is 23.5 Å². The number of methoxy groups -OCH3 is 1. The molecule has 1 atom stereocenters. The van der Waals surface area contributed by atoms with E-state index in [9.17, 15) is 22.4 Å². The fourth-order valence-electron chi connectivity index (χ4n) is 2.75. The smallest absolute Gasteiger partial charge is 0.408 e. The number of carbonyl (C=O) groups is 1. The molecule has 0 fully saturated rings. The fraction of sp³-hybridized carbons (Fsp3) is 0.263. The molecule has 0 aliphatic heterocycles. The fourth-order valence-corrected chi connectivity index (χ4v) is 2.75. The zero-order chi connectivity index (χ0) is 20.6. The van der Waals surface area contributed by atoms with Crippen molar-refractivity contribution < 1.29 is 27.1 Å². The lowest BCUT2D eigenvalue weighted by Gasteiger charge is -2.16. The van der Waals surface area contributed by atoms with Crippen LogP contribution in [-0.4, -0.2) is 34.6 Å². The summed E-state index contributed by atoms with van der Waals surface area (Å²) >= 11 is 0. The van der Waals surface area contributed by atoms with Crippen molar-refractivity contribution in [3.63, 3.8) is 0 Å². The molecule has 28 heavy (non-hydrogen) atoms. The quantitative estimate of drug-likeness (QED) is 0.676. The average molecular weight is 395 g/mol. The molecule has 148 valence electrons. The Bertz CT molecular complexity index is 1040. The van der Waals surface area contributed by atoms with E-state index < -0.39 is 23.9 Å². The van der Waals surface area contributed by atoms with E-state index in [0.717, 1.165) is 6.92 Å². The van der Waals surface area contributed by atoms with E-state index in [0.29, 0.717) is 22.7 Å². The maximum atomic E-state index is 13.8. The van der Waals surface area contributed by atoms with Crippen LogP contribution < -0.4 is 10.1 Å². The minimum absolute atomic E-state index is 0.00980. The van der Waals surface area contributed by atoms with Crippen molar-refractivity contribution in [2.24, 2.45) is 0 Å². The Morgan fingerprint density at radius 1 is 1.25 bits per heavy atom. The highest BCUT2D eigenvalue weighted by Gasteiger charge is 2.37. The van der Waals surface area contributed by atoms with Crippen molar-refractivity contribution in [2.75, 3.05) is 7.11 Å². The van der Waals surface area contributed by atoms with E-state index in [1.807, 2.05) is 5.32 Å². The molecule has 3 aromatic rings. The molecule has 0 radical (unpaired) electrons. The number of nitrogens with zero attached hydrogens (tertiary/aromatic N) is 2. The lowest BCUT2D eigenvalue weighted by atomic mass is 10.1. The molecule has 0 saturated heterocycles. The van der Waals surface area contributed by atoms with Crippen molar-refractivity contribution in [1.29, 1.82) is 0 Å². The van der Waals surface area contributed by atoms with Gasteiger partial charge in [0.05, 0.1) is 18.4 Å². The zero-order valence-electron chi connectivity index (χ0n) is 15.3. The molecule has 0 spiro atoms. The number of hydrogen-bond acceptors (Lipinski definition) is 3. The van der Waals surface area contributed by atoms with Crippen LogP contribution in [0, 0.1) is 12.7 Å². The maximum Gasteiger partial charge on any atom is 0.408 e. The van der Waals surface area contributed by atoms with Crippen molar-refractivity contribution in [2.45, 2.75) is 26.1 Å². The molecule has 0 aliphatic rings. The second kappa shape index (κ2) is 7.14. The Hall–Kier alpha value is -3.10. The van der Waals surface area contributed by atoms with Crippen LogP contribution in [0.1, 0.15) is 23.0 Å². The van der Waals surface area contributed by atoms with Crippen LogP contribution in [0.25, 0.3) is 16.9 Å². The number of halogens is 4. The summed E-state index contributed by atoms with van der Waals surface area (Å²) in [6.07, 6.45) is -3.02. The van der Waals surface area contributed by atoms with Gasteiger partial charge < -0.3 is 14.5 Å². The van der Waals surface area contributed by atoms with Gasteiger partial charge in [0.1, 0.15) is 23.3 Å². The molecule has 0 bridgehead atoms. The topological polar surface area (TPSA) is 55.6 Å². The monoisotopic (exact) mass is 395 g/mol. The largest absolute Gasteiger partial charge is 0.497 e. The summed E-state index contributed by atoms with van der Waals surface area (Å²) < 4.78 is 58.7. The SMILES string of the molecule is COc1cc(F)cc(-c2cc(C)n3ccc(C(=O)N[C@@H](C)C(F)(F)F)c3n2)c1. The van der Waals surface area contributed by atoms with E-state index in [2.05, 4.69) is 4.98 Å². The number of rotatable bonds is 4. The molecule has 0 unspecified atom stereocenters.